The average molecular weight is 462 g/mol. The van der Waals surface area contributed by atoms with Gasteiger partial charge in [-0.05, 0) is 30.2 Å². The Kier molecular flexibility index (Phi) is 6.95. The lowest BCUT2D eigenvalue weighted by Crippen LogP contribution is -2.01. The highest BCUT2D eigenvalue weighted by atomic mass is 32.2. The highest BCUT2D eigenvalue weighted by Crippen LogP contribution is 2.36. The molecule has 0 fully saturated rings. The zero-order valence-electron chi connectivity index (χ0n) is 18.9. The molecule has 7 heteroatoms. The Morgan fingerprint density at radius 1 is 1.15 bits per heavy atom. The maximum absolute atomic E-state index is 11.9. The van der Waals surface area contributed by atoms with E-state index in [1.54, 1.807) is 36.4 Å². The fourth-order valence-electron chi connectivity index (χ4n) is 3.26. The predicted octanol–water partition coefficient (Wildman–Crippen LogP) is 6.85. The summed E-state index contributed by atoms with van der Waals surface area (Å²) in [6.07, 6.45) is 15.7. The lowest BCUT2D eigenvalue weighted by atomic mass is 9.93. The van der Waals surface area contributed by atoms with Gasteiger partial charge in [0.05, 0.1) is 11.4 Å². The topological polar surface area (TPSA) is 105 Å². The first-order valence-electron chi connectivity index (χ1n) is 10.3. The van der Waals surface area contributed by atoms with Crippen molar-refractivity contribution in [2.45, 2.75) is 25.7 Å². The molecule has 0 saturated heterocycles. The molecule has 1 aliphatic rings. The van der Waals surface area contributed by atoms with E-state index in [1.807, 2.05) is 31.2 Å². The SMILES string of the molecule is C=C(\C=C/C(=C\C)/N=N/c1cc(S(=O)(=O)O)c2ccccc2c1N)C1=CC=CC(C)(C)C=C1. The van der Waals surface area contributed by atoms with Crippen molar-refractivity contribution in [2.24, 2.45) is 15.6 Å². The third kappa shape index (κ3) is 5.83. The third-order valence-corrected chi connectivity index (χ3v) is 6.09. The van der Waals surface area contributed by atoms with Crippen LogP contribution in [0.25, 0.3) is 10.8 Å². The van der Waals surface area contributed by atoms with E-state index in [-0.39, 0.29) is 21.7 Å². The number of nitrogens with zero attached hydrogens (tertiary/aromatic N) is 2. The molecule has 3 N–H and O–H groups in total. The molecule has 0 saturated carbocycles. The van der Waals surface area contributed by atoms with Crippen LogP contribution in [0.4, 0.5) is 11.4 Å². The molecule has 33 heavy (non-hydrogen) atoms. The van der Waals surface area contributed by atoms with Gasteiger partial charge in [0, 0.05) is 16.2 Å². The summed E-state index contributed by atoms with van der Waals surface area (Å²) in [5, 5.41) is 9.16. The second-order valence-corrected chi connectivity index (χ2v) is 9.63. The molecule has 0 unspecified atom stereocenters. The molecule has 170 valence electrons. The predicted molar refractivity (Wildman–Crippen MR) is 135 cm³/mol. The second kappa shape index (κ2) is 9.52. The number of anilines is 1. The van der Waals surface area contributed by atoms with Crippen LogP contribution in [-0.4, -0.2) is 13.0 Å². The Bertz CT molecular complexity index is 1390. The van der Waals surface area contributed by atoms with E-state index in [2.05, 4.69) is 42.8 Å². The molecule has 0 heterocycles. The van der Waals surface area contributed by atoms with Gasteiger partial charge in [-0.25, -0.2) is 0 Å². The van der Waals surface area contributed by atoms with Gasteiger partial charge in [-0.2, -0.15) is 13.5 Å². The number of azo groups is 1. The molecular formula is C26H27N3O3S. The van der Waals surface area contributed by atoms with Crippen molar-refractivity contribution in [1.82, 2.24) is 0 Å². The van der Waals surface area contributed by atoms with E-state index in [1.165, 1.54) is 6.07 Å². The smallest absolute Gasteiger partial charge is 0.295 e. The minimum Gasteiger partial charge on any atom is -0.396 e. The Morgan fingerprint density at radius 3 is 2.52 bits per heavy atom. The van der Waals surface area contributed by atoms with Crippen LogP contribution < -0.4 is 5.73 Å². The van der Waals surface area contributed by atoms with Gasteiger partial charge in [0.15, 0.2) is 0 Å². The van der Waals surface area contributed by atoms with Crippen molar-refractivity contribution < 1.29 is 13.0 Å². The summed E-state index contributed by atoms with van der Waals surface area (Å²) in [6, 6.07) is 7.87. The van der Waals surface area contributed by atoms with E-state index in [0.29, 0.717) is 16.5 Å². The molecule has 2 aromatic rings. The van der Waals surface area contributed by atoms with Crippen LogP contribution in [-0.2, 0) is 10.1 Å². The first-order valence-corrected chi connectivity index (χ1v) is 11.8. The normalized spacial score (nSPS) is 16.5. The summed E-state index contributed by atoms with van der Waals surface area (Å²) in [5.74, 6) is 0. The molecule has 2 aromatic carbocycles. The summed E-state index contributed by atoms with van der Waals surface area (Å²) in [6.45, 7) is 10.2. The van der Waals surface area contributed by atoms with Crippen LogP contribution in [0.15, 0.2) is 117 Å². The number of nitrogens with two attached hydrogens (primary N) is 1. The monoisotopic (exact) mass is 461 g/mol. The molecule has 0 atom stereocenters. The van der Waals surface area contributed by atoms with Crippen molar-refractivity contribution in [3.8, 4) is 0 Å². The van der Waals surface area contributed by atoms with Crippen molar-refractivity contribution >= 4 is 32.3 Å². The maximum atomic E-state index is 11.9. The minimum atomic E-state index is -4.47. The first-order chi connectivity index (χ1) is 15.5. The molecule has 0 aliphatic heterocycles. The minimum absolute atomic E-state index is 0.0222. The number of nitrogen functional groups attached to an aromatic ring is 1. The van der Waals surface area contributed by atoms with Gasteiger partial charge in [-0.3, -0.25) is 4.55 Å². The highest BCUT2D eigenvalue weighted by Gasteiger charge is 2.18. The fourth-order valence-corrected chi connectivity index (χ4v) is 3.97. The largest absolute Gasteiger partial charge is 0.396 e. The number of fused-ring (bicyclic) bond motifs is 1. The Morgan fingerprint density at radius 2 is 1.85 bits per heavy atom. The molecule has 0 amide bonds. The molecule has 6 nitrogen and oxygen atoms in total. The van der Waals surface area contributed by atoms with Crippen LogP contribution in [0.2, 0.25) is 0 Å². The molecule has 0 spiro atoms. The summed E-state index contributed by atoms with van der Waals surface area (Å²) in [5.41, 5.74) is 8.93. The van der Waals surface area contributed by atoms with Gasteiger partial charge in [-0.15, -0.1) is 5.11 Å². The van der Waals surface area contributed by atoms with Crippen molar-refractivity contribution in [3.05, 3.63) is 102 Å². The Labute approximate surface area is 194 Å². The zero-order chi connectivity index (χ0) is 24.2. The van der Waals surface area contributed by atoms with Gasteiger partial charge >= 0.3 is 0 Å². The standard InChI is InChI=1S/C26H27N3O3S/c1-5-20(13-12-18(2)19-9-8-15-26(3,4)16-14-19)28-29-23-17-24(33(30,31)32)21-10-6-7-11-22(21)25(23)27/h5-17H,2,27H2,1,3-4H3,(H,30,31,32)/b13-12-,20-5+,29-28+. The number of benzene rings is 2. The molecule has 1 aliphatic carbocycles. The number of hydrogen-bond donors (Lipinski definition) is 2. The molecule has 3 rings (SSSR count). The van der Waals surface area contributed by atoms with Crippen molar-refractivity contribution in [2.75, 3.05) is 5.73 Å². The Balaban J connectivity index is 1.90. The van der Waals surface area contributed by atoms with E-state index in [4.69, 9.17) is 5.73 Å². The van der Waals surface area contributed by atoms with E-state index in [9.17, 15) is 13.0 Å². The number of allylic oxidation sites excluding steroid dienone is 10. The highest BCUT2D eigenvalue weighted by molar-refractivity contribution is 7.86. The zero-order valence-corrected chi connectivity index (χ0v) is 19.7. The van der Waals surface area contributed by atoms with E-state index in [0.717, 1.165) is 11.1 Å². The molecule has 0 radical (unpaired) electrons. The van der Waals surface area contributed by atoms with Gasteiger partial charge in [0.2, 0.25) is 0 Å². The number of hydrogen-bond acceptors (Lipinski definition) is 5. The maximum Gasteiger partial charge on any atom is 0.295 e. The lowest BCUT2D eigenvalue weighted by molar-refractivity contribution is 0.484. The van der Waals surface area contributed by atoms with Crippen LogP contribution in [0.5, 0.6) is 0 Å². The lowest BCUT2D eigenvalue weighted by Gasteiger charge is -2.12. The van der Waals surface area contributed by atoms with Gasteiger partial charge in [0.1, 0.15) is 10.6 Å². The van der Waals surface area contributed by atoms with Crippen LogP contribution in [0.3, 0.4) is 0 Å². The average Bonchev–Trinajstić information content (AvgIpc) is 2.94. The number of rotatable bonds is 6. The van der Waals surface area contributed by atoms with Gasteiger partial charge in [-0.1, -0.05) is 87.2 Å². The second-order valence-electron chi connectivity index (χ2n) is 8.24. The van der Waals surface area contributed by atoms with Gasteiger partial charge in [0.25, 0.3) is 10.1 Å². The van der Waals surface area contributed by atoms with Crippen molar-refractivity contribution in [1.29, 1.82) is 0 Å². The molecule has 0 bridgehead atoms. The fraction of sp³-hybridized carbons (Fsp3) is 0.154. The molecule has 0 aromatic heterocycles. The summed E-state index contributed by atoms with van der Waals surface area (Å²) in [4.78, 5) is -0.268. The van der Waals surface area contributed by atoms with Crippen LogP contribution >= 0.6 is 0 Å². The van der Waals surface area contributed by atoms with Crippen molar-refractivity contribution in [3.63, 3.8) is 0 Å². The Hall–Kier alpha value is -3.55. The van der Waals surface area contributed by atoms with E-state index < -0.39 is 10.1 Å². The third-order valence-electron chi connectivity index (χ3n) is 5.19. The summed E-state index contributed by atoms with van der Waals surface area (Å²) >= 11 is 0. The first kappa shape index (κ1) is 24.1. The molecular weight excluding hydrogens is 434 g/mol. The van der Waals surface area contributed by atoms with E-state index >= 15 is 0 Å². The van der Waals surface area contributed by atoms with Gasteiger partial charge < -0.3 is 5.73 Å². The van der Waals surface area contributed by atoms with Crippen LogP contribution in [0.1, 0.15) is 20.8 Å². The van der Waals surface area contributed by atoms with Crippen LogP contribution in [0, 0.1) is 5.41 Å². The summed E-state index contributed by atoms with van der Waals surface area (Å²) in [7, 11) is -4.47. The summed E-state index contributed by atoms with van der Waals surface area (Å²) < 4.78 is 33.4. The quantitative estimate of drug-likeness (QED) is 0.212.